The van der Waals surface area contributed by atoms with Crippen molar-refractivity contribution in [2.24, 2.45) is 0 Å². The predicted octanol–water partition coefficient (Wildman–Crippen LogP) is 5.03. The Labute approximate surface area is 197 Å². The first-order valence-corrected chi connectivity index (χ1v) is 13.3. The second-order valence-corrected chi connectivity index (χ2v) is 11.1. The number of carbonyl (C=O) groups excluding carboxylic acids is 2. The lowest BCUT2D eigenvalue weighted by Gasteiger charge is -2.09. The molecule has 0 fully saturated rings. The molecule has 172 valence electrons. The van der Waals surface area contributed by atoms with Gasteiger partial charge in [-0.3, -0.25) is 4.79 Å². The van der Waals surface area contributed by atoms with Gasteiger partial charge in [0.2, 0.25) is 0 Å². The lowest BCUT2D eigenvalue weighted by Crippen LogP contribution is -2.15. The molecule has 1 aliphatic rings. The lowest BCUT2D eigenvalue weighted by atomic mass is 10.1. The van der Waals surface area contributed by atoms with E-state index in [1.807, 2.05) is 0 Å². The average molecular weight is 484 g/mol. The van der Waals surface area contributed by atoms with Crippen molar-refractivity contribution in [3.05, 3.63) is 81.7 Å². The molecule has 0 saturated carbocycles. The van der Waals surface area contributed by atoms with Crippen molar-refractivity contribution in [1.29, 1.82) is 0 Å². The number of esters is 1. The molecule has 4 rings (SSSR count). The zero-order chi connectivity index (χ0) is 23.4. The third-order valence-electron chi connectivity index (χ3n) is 5.69. The summed E-state index contributed by atoms with van der Waals surface area (Å²) in [6.07, 6.45) is 4.84. The van der Waals surface area contributed by atoms with Crippen LogP contribution in [0.4, 0.5) is 5.00 Å². The SMILES string of the molecule is COC(=O)c1c(NC(=O)c2cccc(CS(=O)(=O)c3ccccc3)c2)sc2c1CCCCC2. The Bertz CT molecular complexity index is 1280. The Hall–Kier alpha value is -2.97. The van der Waals surface area contributed by atoms with Gasteiger partial charge in [0.25, 0.3) is 5.91 Å². The largest absolute Gasteiger partial charge is 0.465 e. The molecule has 33 heavy (non-hydrogen) atoms. The summed E-state index contributed by atoms with van der Waals surface area (Å²) in [6, 6.07) is 14.8. The van der Waals surface area contributed by atoms with Crippen LogP contribution in [0.15, 0.2) is 59.5 Å². The Morgan fingerprint density at radius 3 is 2.52 bits per heavy atom. The summed E-state index contributed by atoms with van der Waals surface area (Å²) >= 11 is 1.42. The smallest absolute Gasteiger partial charge is 0.341 e. The van der Waals surface area contributed by atoms with Crippen LogP contribution in [0.2, 0.25) is 0 Å². The topological polar surface area (TPSA) is 89.5 Å². The third-order valence-corrected chi connectivity index (χ3v) is 8.60. The van der Waals surface area contributed by atoms with Crippen molar-refractivity contribution >= 4 is 38.1 Å². The molecule has 1 amide bonds. The van der Waals surface area contributed by atoms with Crippen molar-refractivity contribution in [3.8, 4) is 0 Å². The van der Waals surface area contributed by atoms with Gasteiger partial charge < -0.3 is 10.1 Å². The Morgan fingerprint density at radius 1 is 1.00 bits per heavy atom. The van der Waals surface area contributed by atoms with Crippen LogP contribution >= 0.6 is 11.3 Å². The van der Waals surface area contributed by atoms with Crippen molar-refractivity contribution < 1.29 is 22.7 Å². The number of fused-ring (bicyclic) bond motifs is 1. The highest BCUT2D eigenvalue weighted by atomic mass is 32.2. The summed E-state index contributed by atoms with van der Waals surface area (Å²) in [5.74, 6) is -1.05. The van der Waals surface area contributed by atoms with Crippen LogP contribution in [0.5, 0.6) is 0 Å². The highest BCUT2D eigenvalue weighted by molar-refractivity contribution is 7.90. The monoisotopic (exact) mass is 483 g/mol. The van der Waals surface area contributed by atoms with Gasteiger partial charge in [-0.15, -0.1) is 11.3 Å². The van der Waals surface area contributed by atoms with Crippen molar-refractivity contribution in [2.75, 3.05) is 12.4 Å². The number of nitrogens with one attached hydrogen (secondary N) is 1. The van der Waals surface area contributed by atoms with Gasteiger partial charge in [0, 0.05) is 10.4 Å². The zero-order valence-corrected chi connectivity index (χ0v) is 19.9. The third kappa shape index (κ3) is 5.17. The van der Waals surface area contributed by atoms with Gasteiger partial charge in [-0.25, -0.2) is 13.2 Å². The highest BCUT2D eigenvalue weighted by Crippen LogP contribution is 2.38. The van der Waals surface area contributed by atoms with Gasteiger partial charge in [0.1, 0.15) is 5.00 Å². The van der Waals surface area contributed by atoms with Crippen LogP contribution in [-0.4, -0.2) is 27.4 Å². The average Bonchev–Trinajstić information content (AvgIpc) is 2.99. The van der Waals surface area contributed by atoms with Gasteiger partial charge in [-0.05, 0) is 61.1 Å². The van der Waals surface area contributed by atoms with Crippen LogP contribution in [0.1, 0.15) is 56.0 Å². The first kappa shape index (κ1) is 23.2. The van der Waals surface area contributed by atoms with Crippen molar-refractivity contribution in [3.63, 3.8) is 0 Å². The number of hydrogen-bond acceptors (Lipinski definition) is 6. The normalized spacial score (nSPS) is 13.6. The van der Waals surface area contributed by atoms with E-state index in [2.05, 4.69) is 5.32 Å². The summed E-state index contributed by atoms with van der Waals surface area (Å²) in [7, 11) is -2.19. The maximum Gasteiger partial charge on any atom is 0.341 e. The predicted molar refractivity (Wildman–Crippen MR) is 129 cm³/mol. The summed E-state index contributed by atoms with van der Waals surface area (Å²) in [5.41, 5.74) is 2.26. The number of carbonyl (C=O) groups is 2. The highest BCUT2D eigenvalue weighted by Gasteiger charge is 2.26. The van der Waals surface area contributed by atoms with Crippen molar-refractivity contribution in [2.45, 2.75) is 42.8 Å². The van der Waals surface area contributed by atoms with Gasteiger partial charge >= 0.3 is 5.97 Å². The molecule has 0 aliphatic heterocycles. The number of ether oxygens (including phenoxy) is 1. The summed E-state index contributed by atoms with van der Waals surface area (Å²) in [4.78, 5) is 26.9. The number of sulfone groups is 1. The fraction of sp³-hybridized carbons (Fsp3) is 0.280. The van der Waals surface area contributed by atoms with Crippen LogP contribution in [0.3, 0.4) is 0 Å². The maximum atomic E-state index is 13.0. The molecule has 2 aromatic carbocycles. The number of amides is 1. The number of aryl methyl sites for hydroxylation is 1. The fourth-order valence-electron chi connectivity index (χ4n) is 4.06. The molecular weight excluding hydrogens is 458 g/mol. The minimum absolute atomic E-state index is 0.209. The van der Waals surface area contributed by atoms with Crippen LogP contribution in [-0.2, 0) is 33.2 Å². The summed E-state index contributed by atoms with van der Waals surface area (Å²) in [6.45, 7) is 0. The second-order valence-electron chi connectivity index (χ2n) is 7.99. The standard InChI is InChI=1S/C25H25NO5S2/c1-31-25(28)22-20-13-6-3-7-14-21(20)32-24(22)26-23(27)18-10-8-9-17(15-18)16-33(29,30)19-11-4-2-5-12-19/h2,4-5,8-12,15H,3,6-7,13-14,16H2,1H3,(H,26,27). The second kappa shape index (κ2) is 9.89. The maximum absolute atomic E-state index is 13.0. The first-order chi connectivity index (χ1) is 15.9. The van der Waals surface area contributed by atoms with E-state index in [0.29, 0.717) is 21.7 Å². The van der Waals surface area contributed by atoms with Gasteiger partial charge in [-0.1, -0.05) is 36.8 Å². The molecular formula is C25H25NO5S2. The summed E-state index contributed by atoms with van der Waals surface area (Å²) < 4.78 is 30.4. The molecule has 1 N–H and O–H groups in total. The van der Waals surface area contributed by atoms with Crippen LogP contribution < -0.4 is 5.32 Å². The number of methoxy groups -OCH3 is 1. The van der Waals surface area contributed by atoms with E-state index in [1.165, 1.54) is 18.4 Å². The summed E-state index contributed by atoms with van der Waals surface area (Å²) in [5, 5.41) is 3.36. The molecule has 8 heteroatoms. The zero-order valence-electron chi connectivity index (χ0n) is 18.3. The minimum Gasteiger partial charge on any atom is -0.465 e. The first-order valence-electron chi connectivity index (χ1n) is 10.8. The van der Waals surface area contributed by atoms with E-state index in [9.17, 15) is 18.0 Å². The molecule has 3 aromatic rings. The molecule has 1 heterocycles. The number of benzene rings is 2. The van der Waals surface area contributed by atoms with E-state index >= 15 is 0 Å². The van der Waals surface area contributed by atoms with Crippen molar-refractivity contribution in [1.82, 2.24) is 0 Å². The minimum atomic E-state index is -3.53. The molecule has 0 unspecified atom stereocenters. The lowest BCUT2D eigenvalue weighted by molar-refractivity contribution is 0.0601. The number of hydrogen-bond donors (Lipinski definition) is 1. The van der Waals surface area contributed by atoms with E-state index in [1.54, 1.807) is 54.6 Å². The van der Waals surface area contributed by atoms with E-state index in [4.69, 9.17) is 4.74 Å². The Morgan fingerprint density at radius 2 is 1.76 bits per heavy atom. The molecule has 0 atom stereocenters. The number of thiophene rings is 1. The molecule has 6 nitrogen and oxygen atoms in total. The van der Waals surface area contributed by atoms with E-state index in [-0.39, 0.29) is 10.6 Å². The molecule has 1 aromatic heterocycles. The molecule has 0 spiro atoms. The van der Waals surface area contributed by atoms with Gasteiger partial charge in [0.05, 0.1) is 23.3 Å². The Balaban J connectivity index is 1.58. The number of anilines is 1. The fourth-order valence-corrected chi connectivity index (χ4v) is 6.69. The van der Waals surface area contributed by atoms with E-state index < -0.39 is 21.7 Å². The molecule has 0 saturated heterocycles. The molecule has 0 bridgehead atoms. The number of rotatable bonds is 6. The van der Waals surface area contributed by atoms with E-state index in [0.717, 1.165) is 42.5 Å². The molecule has 0 radical (unpaired) electrons. The van der Waals surface area contributed by atoms with Crippen LogP contribution in [0.25, 0.3) is 0 Å². The molecule has 1 aliphatic carbocycles. The van der Waals surface area contributed by atoms with Crippen LogP contribution in [0, 0.1) is 0 Å². The quantitative estimate of drug-likeness (QED) is 0.392. The Kier molecular flexibility index (Phi) is 6.95. The van der Waals surface area contributed by atoms with Gasteiger partial charge in [0.15, 0.2) is 9.84 Å². The van der Waals surface area contributed by atoms with Gasteiger partial charge in [-0.2, -0.15) is 0 Å².